The molecule has 0 fully saturated rings. The molecule has 1 aromatic heterocycles. The number of halogens is 1. The maximum Gasteiger partial charge on any atom is 0.123 e. The van der Waals surface area contributed by atoms with E-state index in [1.165, 1.54) is 11.1 Å². The van der Waals surface area contributed by atoms with Gasteiger partial charge >= 0.3 is 0 Å². The summed E-state index contributed by atoms with van der Waals surface area (Å²) < 4.78 is 0. The van der Waals surface area contributed by atoms with Crippen LogP contribution in [0.1, 0.15) is 11.3 Å². The molecule has 2 N–H and O–H groups in total. The highest BCUT2D eigenvalue weighted by molar-refractivity contribution is 8.93. The second-order valence-corrected chi connectivity index (χ2v) is 4.07. The molecule has 2 aromatic rings. The second-order valence-electron chi connectivity index (χ2n) is 3.21. The van der Waals surface area contributed by atoms with E-state index >= 15 is 0 Å². The zero-order valence-corrected chi connectivity index (χ0v) is 11.0. The number of rotatable bonds is 2. The van der Waals surface area contributed by atoms with Crippen LogP contribution in [0.5, 0.6) is 0 Å². The lowest BCUT2D eigenvalue weighted by molar-refractivity contribution is 1.01. The minimum absolute atomic E-state index is 0. The van der Waals surface area contributed by atoms with Gasteiger partial charge in [0.05, 0.1) is 5.69 Å². The average Bonchev–Trinajstić information content (AvgIpc) is 2.67. The van der Waals surface area contributed by atoms with Gasteiger partial charge in [-0.3, -0.25) is 0 Å². The molecular formula is C11H13BrN2S. The molecule has 0 saturated heterocycles. The molecule has 0 aliphatic heterocycles. The summed E-state index contributed by atoms with van der Waals surface area (Å²) in [6.45, 7) is 2.60. The molecule has 2 nitrogen and oxygen atoms in total. The van der Waals surface area contributed by atoms with Gasteiger partial charge in [-0.05, 0) is 6.92 Å². The SMILES string of the molecule is Br.Cc1ccc(-c2nc(CN)cs2)cc1. The number of hydrogen-bond donors (Lipinski definition) is 1. The average molecular weight is 285 g/mol. The van der Waals surface area contributed by atoms with Crippen LogP contribution >= 0.6 is 28.3 Å². The summed E-state index contributed by atoms with van der Waals surface area (Å²) in [4.78, 5) is 4.42. The summed E-state index contributed by atoms with van der Waals surface area (Å²) in [7, 11) is 0. The molecule has 0 spiro atoms. The Balaban J connectivity index is 0.00000112. The van der Waals surface area contributed by atoms with Crippen molar-refractivity contribution in [3.8, 4) is 10.6 Å². The van der Waals surface area contributed by atoms with Crippen LogP contribution in [0.2, 0.25) is 0 Å². The topological polar surface area (TPSA) is 38.9 Å². The van der Waals surface area contributed by atoms with Gasteiger partial charge in [-0.15, -0.1) is 28.3 Å². The molecule has 1 aromatic carbocycles. The van der Waals surface area contributed by atoms with Gasteiger partial charge in [-0.25, -0.2) is 4.98 Å². The minimum Gasteiger partial charge on any atom is -0.325 e. The van der Waals surface area contributed by atoms with Crippen molar-refractivity contribution in [2.75, 3.05) is 0 Å². The fraction of sp³-hybridized carbons (Fsp3) is 0.182. The normalized spacial score (nSPS) is 9.73. The van der Waals surface area contributed by atoms with Crippen LogP contribution in [-0.4, -0.2) is 4.98 Å². The zero-order chi connectivity index (χ0) is 9.97. The van der Waals surface area contributed by atoms with Gasteiger partial charge in [0.2, 0.25) is 0 Å². The molecule has 0 bridgehead atoms. The van der Waals surface area contributed by atoms with Gasteiger partial charge in [-0.2, -0.15) is 0 Å². The van der Waals surface area contributed by atoms with E-state index in [9.17, 15) is 0 Å². The Bertz CT molecular complexity index is 422. The first kappa shape index (κ1) is 12.4. The number of benzene rings is 1. The first-order chi connectivity index (χ1) is 6.79. The van der Waals surface area contributed by atoms with E-state index in [4.69, 9.17) is 5.73 Å². The standard InChI is InChI=1S/C11H12N2S.BrH/c1-8-2-4-9(5-3-8)11-13-10(6-12)7-14-11;/h2-5,7H,6,12H2,1H3;1H. The summed E-state index contributed by atoms with van der Waals surface area (Å²) in [5, 5.41) is 3.06. The predicted octanol–water partition coefficient (Wildman–Crippen LogP) is 3.16. The van der Waals surface area contributed by atoms with E-state index in [2.05, 4.69) is 36.2 Å². The van der Waals surface area contributed by atoms with E-state index in [1.54, 1.807) is 11.3 Å². The van der Waals surface area contributed by atoms with Crippen LogP contribution in [0.4, 0.5) is 0 Å². The fourth-order valence-electron chi connectivity index (χ4n) is 1.23. The van der Waals surface area contributed by atoms with Crippen LogP contribution in [-0.2, 0) is 6.54 Å². The third-order valence-corrected chi connectivity index (χ3v) is 3.00. The van der Waals surface area contributed by atoms with E-state index in [0.29, 0.717) is 6.54 Å². The molecule has 1 heterocycles. The molecule has 0 amide bonds. The third-order valence-electron chi connectivity index (χ3n) is 2.06. The number of hydrogen-bond acceptors (Lipinski definition) is 3. The number of nitrogens with zero attached hydrogens (tertiary/aromatic N) is 1. The smallest absolute Gasteiger partial charge is 0.123 e. The van der Waals surface area contributed by atoms with Crippen molar-refractivity contribution < 1.29 is 0 Å². The van der Waals surface area contributed by atoms with Crippen molar-refractivity contribution >= 4 is 28.3 Å². The van der Waals surface area contributed by atoms with Crippen LogP contribution in [0.3, 0.4) is 0 Å². The monoisotopic (exact) mass is 284 g/mol. The van der Waals surface area contributed by atoms with E-state index < -0.39 is 0 Å². The summed E-state index contributed by atoms with van der Waals surface area (Å²) in [5.74, 6) is 0. The van der Waals surface area contributed by atoms with Crippen molar-refractivity contribution in [3.63, 3.8) is 0 Å². The van der Waals surface area contributed by atoms with Crippen molar-refractivity contribution in [1.29, 1.82) is 0 Å². The Morgan fingerprint density at radius 3 is 2.47 bits per heavy atom. The van der Waals surface area contributed by atoms with Gasteiger partial charge in [0.1, 0.15) is 5.01 Å². The molecule has 0 saturated carbocycles. The summed E-state index contributed by atoms with van der Waals surface area (Å²) >= 11 is 1.64. The highest BCUT2D eigenvalue weighted by atomic mass is 79.9. The highest BCUT2D eigenvalue weighted by Gasteiger charge is 2.02. The third kappa shape index (κ3) is 2.87. The predicted molar refractivity (Wildman–Crippen MR) is 70.5 cm³/mol. The highest BCUT2D eigenvalue weighted by Crippen LogP contribution is 2.23. The van der Waals surface area contributed by atoms with Gasteiger partial charge in [0.25, 0.3) is 0 Å². The molecule has 0 unspecified atom stereocenters. The lowest BCUT2D eigenvalue weighted by Crippen LogP contribution is -1.95. The summed E-state index contributed by atoms with van der Waals surface area (Å²) in [6.07, 6.45) is 0. The van der Waals surface area contributed by atoms with Crippen LogP contribution < -0.4 is 5.73 Å². The van der Waals surface area contributed by atoms with Gasteiger partial charge in [0.15, 0.2) is 0 Å². The Morgan fingerprint density at radius 1 is 1.27 bits per heavy atom. The van der Waals surface area contributed by atoms with Gasteiger partial charge in [0, 0.05) is 17.5 Å². The minimum atomic E-state index is 0. The maximum absolute atomic E-state index is 5.51. The molecule has 0 radical (unpaired) electrons. The number of thiazole rings is 1. The van der Waals surface area contributed by atoms with Crippen LogP contribution in [0, 0.1) is 6.92 Å². The van der Waals surface area contributed by atoms with E-state index in [0.717, 1.165) is 10.7 Å². The maximum atomic E-state index is 5.51. The summed E-state index contributed by atoms with van der Waals surface area (Å²) in [5.41, 5.74) is 8.91. The molecule has 0 aliphatic rings. The lowest BCUT2D eigenvalue weighted by atomic mass is 10.2. The number of aromatic nitrogens is 1. The Hall–Kier alpha value is -0.710. The number of aryl methyl sites for hydroxylation is 1. The Kier molecular flexibility index (Phi) is 4.45. The summed E-state index contributed by atoms with van der Waals surface area (Å²) in [6, 6.07) is 8.38. The quantitative estimate of drug-likeness (QED) is 0.920. The molecule has 15 heavy (non-hydrogen) atoms. The molecule has 0 aliphatic carbocycles. The molecule has 2 rings (SSSR count). The van der Waals surface area contributed by atoms with Crippen molar-refractivity contribution in [2.24, 2.45) is 5.73 Å². The van der Waals surface area contributed by atoms with E-state index in [-0.39, 0.29) is 17.0 Å². The van der Waals surface area contributed by atoms with Crippen molar-refractivity contribution in [3.05, 3.63) is 40.9 Å². The molecule has 0 atom stereocenters. The lowest BCUT2D eigenvalue weighted by Gasteiger charge is -1.96. The molecule has 80 valence electrons. The first-order valence-corrected chi connectivity index (χ1v) is 5.39. The second kappa shape index (κ2) is 5.39. The fourth-order valence-corrected chi connectivity index (χ4v) is 2.07. The molecular weight excluding hydrogens is 272 g/mol. The van der Waals surface area contributed by atoms with E-state index in [1.807, 2.05) is 5.38 Å². The zero-order valence-electron chi connectivity index (χ0n) is 8.43. The Labute approximate surface area is 104 Å². The number of nitrogens with two attached hydrogens (primary N) is 1. The largest absolute Gasteiger partial charge is 0.325 e. The Morgan fingerprint density at radius 2 is 1.93 bits per heavy atom. The van der Waals surface area contributed by atoms with Gasteiger partial charge in [-0.1, -0.05) is 29.8 Å². The molecule has 4 heteroatoms. The van der Waals surface area contributed by atoms with Gasteiger partial charge < -0.3 is 5.73 Å². The van der Waals surface area contributed by atoms with Crippen molar-refractivity contribution in [2.45, 2.75) is 13.5 Å². The van der Waals surface area contributed by atoms with Crippen molar-refractivity contribution in [1.82, 2.24) is 4.98 Å². The first-order valence-electron chi connectivity index (χ1n) is 4.51. The van der Waals surface area contributed by atoms with Crippen LogP contribution in [0.25, 0.3) is 10.6 Å². The van der Waals surface area contributed by atoms with Crippen LogP contribution in [0.15, 0.2) is 29.6 Å².